The van der Waals surface area contributed by atoms with E-state index >= 15 is 0 Å². The average Bonchev–Trinajstić information content (AvgIpc) is 2.90. The summed E-state index contributed by atoms with van der Waals surface area (Å²) in [5, 5.41) is 3.33. The third-order valence-corrected chi connectivity index (χ3v) is 3.86. The van der Waals surface area contributed by atoms with Gasteiger partial charge in [0.15, 0.2) is 0 Å². The number of anilines is 3. The summed E-state index contributed by atoms with van der Waals surface area (Å²) in [6.07, 6.45) is 3.35. The van der Waals surface area contributed by atoms with Crippen LogP contribution < -0.4 is 11.1 Å². The van der Waals surface area contributed by atoms with E-state index < -0.39 is 0 Å². The molecule has 2 aromatic heterocycles. The number of aromatic nitrogens is 3. The summed E-state index contributed by atoms with van der Waals surface area (Å²) >= 11 is 1.62. The number of fused-ring (bicyclic) bond motifs is 1. The average molecular weight is 285 g/mol. The van der Waals surface area contributed by atoms with Crippen LogP contribution in [0.15, 0.2) is 30.0 Å². The van der Waals surface area contributed by atoms with Gasteiger partial charge in [0.25, 0.3) is 0 Å². The Hall–Kier alpha value is -2.21. The second kappa shape index (κ2) is 5.42. The van der Waals surface area contributed by atoms with Crippen LogP contribution in [0.1, 0.15) is 18.9 Å². The largest absolute Gasteiger partial charge is 0.383 e. The molecule has 0 amide bonds. The molecule has 0 spiro atoms. The van der Waals surface area contributed by atoms with Crippen molar-refractivity contribution in [2.45, 2.75) is 19.8 Å². The summed E-state index contributed by atoms with van der Waals surface area (Å²) in [5.74, 6) is 1.33. The van der Waals surface area contributed by atoms with Gasteiger partial charge < -0.3 is 11.1 Å². The molecule has 0 unspecified atom stereocenters. The molecular weight excluding hydrogens is 270 g/mol. The fourth-order valence-corrected chi connectivity index (χ4v) is 2.82. The normalized spacial score (nSPS) is 10.8. The van der Waals surface area contributed by atoms with Crippen LogP contribution in [0.25, 0.3) is 10.2 Å². The molecule has 1 aromatic carbocycles. The molecule has 20 heavy (non-hydrogen) atoms. The lowest BCUT2D eigenvalue weighted by atomic mass is 10.1. The van der Waals surface area contributed by atoms with Gasteiger partial charge in [-0.1, -0.05) is 13.3 Å². The first kappa shape index (κ1) is 12.8. The predicted octanol–water partition coefficient (Wildman–Crippen LogP) is 3.36. The molecule has 0 aliphatic carbocycles. The number of benzene rings is 1. The highest BCUT2D eigenvalue weighted by molar-refractivity contribution is 7.16. The summed E-state index contributed by atoms with van der Waals surface area (Å²) in [5.41, 5.74) is 10.7. The molecule has 5 nitrogen and oxygen atoms in total. The first-order chi connectivity index (χ1) is 9.78. The Morgan fingerprint density at radius 2 is 2.15 bits per heavy atom. The quantitative estimate of drug-likeness (QED) is 0.768. The molecule has 0 fully saturated rings. The standard InChI is InChI=1S/C14H15N5S/c1-2-3-10-13(15)16-7-17-14(10)19-9-4-5-11-12(6-9)20-8-18-11/h4-8H,2-3H2,1H3,(H3,15,16,17,19). The molecule has 0 atom stereocenters. The van der Waals surface area contributed by atoms with Gasteiger partial charge in [-0.3, -0.25) is 0 Å². The molecule has 3 rings (SSSR count). The van der Waals surface area contributed by atoms with Crippen LogP contribution in [0, 0.1) is 0 Å². The zero-order valence-corrected chi connectivity index (χ0v) is 11.9. The number of nitrogens with one attached hydrogen (secondary N) is 1. The SMILES string of the molecule is CCCc1c(N)ncnc1Nc1ccc2ncsc2c1. The van der Waals surface area contributed by atoms with Crippen LogP contribution in [0.5, 0.6) is 0 Å². The van der Waals surface area contributed by atoms with E-state index in [0.29, 0.717) is 5.82 Å². The minimum absolute atomic E-state index is 0.545. The van der Waals surface area contributed by atoms with Crippen molar-refractivity contribution in [1.82, 2.24) is 15.0 Å². The van der Waals surface area contributed by atoms with Crippen molar-refractivity contribution >= 4 is 38.9 Å². The fraction of sp³-hybridized carbons (Fsp3) is 0.214. The molecule has 0 aliphatic rings. The van der Waals surface area contributed by atoms with Crippen LogP contribution in [0.2, 0.25) is 0 Å². The Bertz CT molecular complexity index is 737. The number of nitrogens with zero attached hydrogens (tertiary/aromatic N) is 3. The highest BCUT2D eigenvalue weighted by Crippen LogP contribution is 2.26. The van der Waals surface area contributed by atoms with E-state index in [-0.39, 0.29) is 0 Å². The summed E-state index contributed by atoms with van der Waals surface area (Å²) < 4.78 is 1.15. The fourth-order valence-electron chi connectivity index (χ4n) is 2.10. The summed E-state index contributed by atoms with van der Waals surface area (Å²) in [6, 6.07) is 6.06. The number of nitrogens with two attached hydrogens (primary N) is 1. The summed E-state index contributed by atoms with van der Waals surface area (Å²) in [4.78, 5) is 12.6. The Morgan fingerprint density at radius 3 is 3.00 bits per heavy atom. The predicted molar refractivity (Wildman–Crippen MR) is 83.3 cm³/mol. The Labute approximate surface area is 120 Å². The van der Waals surface area contributed by atoms with Gasteiger partial charge in [0.1, 0.15) is 18.0 Å². The summed E-state index contributed by atoms with van der Waals surface area (Å²) in [7, 11) is 0. The van der Waals surface area contributed by atoms with E-state index in [4.69, 9.17) is 5.73 Å². The van der Waals surface area contributed by atoms with E-state index in [2.05, 4.69) is 33.3 Å². The van der Waals surface area contributed by atoms with Crippen LogP contribution in [0.3, 0.4) is 0 Å². The van der Waals surface area contributed by atoms with E-state index in [1.54, 1.807) is 11.3 Å². The van der Waals surface area contributed by atoms with Gasteiger partial charge in [0.2, 0.25) is 0 Å². The highest BCUT2D eigenvalue weighted by Gasteiger charge is 2.09. The van der Waals surface area contributed by atoms with Gasteiger partial charge in [-0.2, -0.15) is 0 Å². The molecule has 3 aromatic rings. The van der Waals surface area contributed by atoms with Crippen molar-refractivity contribution in [3.63, 3.8) is 0 Å². The minimum atomic E-state index is 0.545. The van der Waals surface area contributed by atoms with Gasteiger partial charge >= 0.3 is 0 Å². The van der Waals surface area contributed by atoms with Crippen molar-refractivity contribution in [3.05, 3.63) is 35.6 Å². The Balaban J connectivity index is 1.95. The van der Waals surface area contributed by atoms with Crippen molar-refractivity contribution in [3.8, 4) is 0 Å². The first-order valence-electron chi connectivity index (χ1n) is 6.47. The lowest BCUT2D eigenvalue weighted by Crippen LogP contribution is -2.05. The molecule has 102 valence electrons. The van der Waals surface area contributed by atoms with Gasteiger partial charge in [-0.05, 0) is 24.6 Å². The number of rotatable bonds is 4. The minimum Gasteiger partial charge on any atom is -0.383 e. The van der Waals surface area contributed by atoms with Crippen LogP contribution in [0.4, 0.5) is 17.3 Å². The zero-order valence-electron chi connectivity index (χ0n) is 11.1. The molecule has 6 heteroatoms. The van der Waals surface area contributed by atoms with Gasteiger partial charge in [0.05, 0.1) is 15.7 Å². The van der Waals surface area contributed by atoms with E-state index in [1.807, 2.05) is 17.6 Å². The maximum absolute atomic E-state index is 5.94. The smallest absolute Gasteiger partial charge is 0.139 e. The Morgan fingerprint density at radius 1 is 1.25 bits per heavy atom. The maximum atomic E-state index is 5.94. The molecule has 0 aliphatic heterocycles. The molecule has 0 saturated carbocycles. The number of hydrogen-bond donors (Lipinski definition) is 2. The molecule has 0 saturated heterocycles. The van der Waals surface area contributed by atoms with Crippen molar-refractivity contribution < 1.29 is 0 Å². The third-order valence-electron chi connectivity index (χ3n) is 3.07. The topological polar surface area (TPSA) is 76.7 Å². The lowest BCUT2D eigenvalue weighted by molar-refractivity contribution is 0.908. The monoisotopic (exact) mass is 285 g/mol. The Kier molecular flexibility index (Phi) is 3.47. The highest BCUT2D eigenvalue weighted by atomic mass is 32.1. The number of hydrogen-bond acceptors (Lipinski definition) is 6. The van der Waals surface area contributed by atoms with Crippen molar-refractivity contribution in [1.29, 1.82) is 0 Å². The van der Waals surface area contributed by atoms with E-state index in [0.717, 1.165) is 40.1 Å². The first-order valence-corrected chi connectivity index (χ1v) is 7.35. The maximum Gasteiger partial charge on any atom is 0.139 e. The zero-order chi connectivity index (χ0) is 13.9. The number of thiazole rings is 1. The lowest BCUT2D eigenvalue weighted by Gasteiger charge is -2.11. The van der Waals surface area contributed by atoms with Crippen molar-refractivity contribution in [2.75, 3.05) is 11.1 Å². The molecular formula is C14H15N5S. The van der Waals surface area contributed by atoms with Gasteiger partial charge in [0, 0.05) is 11.3 Å². The van der Waals surface area contributed by atoms with Crippen LogP contribution >= 0.6 is 11.3 Å². The van der Waals surface area contributed by atoms with Gasteiger partial charge in [-0.15, -0.1) is 11.3 Å². The third kappa shape index (κ3) is 2.42. The summed E-state index contributed by atoms with van der Waals surface area (Å²) in [6.45, 7) is 2.11. The molecule has 0 bridgehead atoms. The van der Waals surface area contributed by atoms with E-state index in [1.165, 1.54) is 6.33 Å². The second-order valence-corrected chi connectivity index (χ2v) is 5.38. The molecule has 0 radical (unpaired) electrons. The number of nitrogen functional groups attached to an aromatic ring is 1. The van der Waals surface area contributed by atoms with Crippen LogP contribution in [-0.2, 0) is 6.42 Å². The van der Waals surface area contributed by atoms with E-state index in [9.17, 15) is 0 Å². The molecule has 2 heterocycles. The second-order valence-electron chi connectivity index (χ2n) is 4.50. The van der Waals surface area contributed by atoms with Gasteiger partial charge in [-0.25, -0.2) is 15.0 Å². The van der Waals surface area contributed by atoms with Crippen molar-refractivity contribution in [2.24, 2.45) is 0 Å². The van der Waals surface area contributed by atoms with Crippen LogP contribution in [-0.4, -0.2) is 15.0 Å². The molecule has 3 N–H and O–H groups in total.